The zero-order valence-electron chi connectivity index (χ0n) is 19.5. The van der Waals surface area contributed by atoms with Crippen LogP contribution in [0.15, 0.2) is 42.5 Å². The van der Waals surface area contributed by atoms with Crippen molar-refractivity contribution in [3.05, 3.63) is 53.6 Å². The molecule has 4 rings (SSSR count). The summed E-state index contributed by atoms with van der Waals surface area (Å²) in [6.45, 7) is 6.64. The van der Waals surface area contributed by atoms with Crippen LogP contribution in [0.2, 0.25) is 0 Å². The van der Waals surface area contributed by atoms with Gasteiger partial charge in [-0.3, -0.25) is 19.3 Å². The van der Waals surface area contributed by atoms with Gasteiger partial charge in [-0.1, -0.05) is 30.5 Å². The number of nitrogens with one attached hydrogen (secondary N) is 1. The maximum Gasteiger partial charge on any atom is 0.271 e. The molecule has 2 aromatic carbocycles. The Kier molecular flexibility index (Phi) is 6.40. The molecule has 0 atom stereocenters. The van der Waals surface area contributed by atoms with Crippen LogP contribution >= 0.6 is 0 Å². The van der Waals surface area contributed by atoms with Crippen LogP contribution in [0, 0.1) is 6.92 Å². The van der Waals surface area contributed by atoms with Gasteiger partial charge in [0.1, 0.15) is 12.3 Å². The number of rotatable bonds is 4. The molecule has 0 radical (unpaired) electrons. The number of fused-ring (bicyclic) bond motifs is 1. The van der Waals surface area contributed by atoms with Gasteiger partial charge < -0.3 is 15.0 Å². The summed E-state index contributed by atoms with van der Waals surface area (Å²) in [5, 5.41) is 2.84. The van der Waals surface area contributed by atoms with E-state index in [2.05, 4.69) is 5.32 Å². The van der Waals surface area contributed by atoms with Gasteiger partial charge in [0.25, 0.3) is 11.8 Å². The Labute approximate surface area is 194 Å². The number of ether oxygens (including phenoxy) is 1. The Bertz CT molecular complexity index is 1050. The van der Waals surface area contributed by atoms with Gasteiger partial charge in [0, 0.05) is 24.3 Å². The third-order valence-corrected chi connectivity index (χ3v) is 6.15. The summed E-state index contributed by atoms with van der Waals surface area (Å²) < 4.78 is 5.93. The molecule has 2 aliphatic rings. The Balaban J connectivity index is 1.59. The van der Waals surface area contributed by atoms with Crippen LogP contribution in [0.5, 0.6) is 5.75 Å². The number of benzene rings is 2. The number of nitrogens with zero attached hydrogens (tertiary/aromatic N) is 2. The average molecular weight is 450 g/mol. The van der Waals surface area contributed by atoms with E-state index in [1.165, 1.54) is 4.90 Å². The van der Waals surface area contributed by atoms with Crippen LogP contribution in [-0.2, 0) is 9.59 Å². The lowest BCUT2D eigenvalue weighted by atomic mass is 10.0. The van der Waals surface area contributed by atoms with Gasteiger partial charge in [-0.15, -0.1) is 0 Å². The zero-order chi connectivity index (χ0) is 23.6. The lowest BCUT2D eigenvalue weighted by Crippen LogP contribution is -2.54. The number of likely N-dealkylation sites (tertiary alicyclic amines) is 1. The number of aryl methyl sites for hydroxylation is 1. The second-order valence-electron chi connectivity index (χ2n) is 9.31. The van der Waals surface area contributed by atoms with E-state index in [1.807, 2.05) is 36.1 Å². The second kappa shape index (κ2) is 9.25. The van der Waals surface area contributed by atoms with Gasteiger partial charge in [-0.25, -0.2) is 0 Å². The highest BCUT2D eigenvalue weighted by atomic mass is 16.5. The van der Waals surface area contributed by atoms with Crippen LogP contribution in [0.4, 0.5) is 11.4 Å². The van der Waals surface area contributed by atoms with E-state index in [0.29, 0.717) is 22.7 Å². The standard InChI is InChI=1S/C26H31N3O4/c1-18-8-11-20(12-9-18)27-23(30)17-29-21-16-19(24(31)28-14-6-4-5-7-15-28)10-13-22(21)33-26(2,3)25(29)32/h8-13,16H,4-7,14-15,17H2,1-3H3,(H,27,30). The summed E-state index contributed by atoms with van der Waals surface area (Å²) in [6.07, 6.45) is 4.26. The molecule has 2 aliphatic heterocycles. The monoisotopic (exact) mass is 449 g/mol. The molecule has 2 aromatic rings. The topological polar surface area (TPSA) is 79.0 Å². The van der Waals surface area contributed by atoms with Crippen molar-refractivity contribution in [1.29, 1.82) is 0 Å². The predicted octanol–water partition coefficient (Wildman–Crippen LogP) is 4.15. The van der Waals surface area contributed by atoms with Gasteiger partial charge in [0.05, 0.1) is 5.69 Å². The van der Waals surface area contributed by atoms with E-state index in [-0.39, 0.29) is 24.3 Å². The molecule has 0 aliphatic carbocycles. The number of carbonyl (C=O) groups is 3. The largest absolute Gasteiger partial charge is 0.476 e. The average Bonchev–Trinajstić information content (AvgIpc) is 3.07. The number of amides is 3. The SMILES string of the molecule is Cc1ccc(NC(=O)CN2C(=O)C(C)(C)Oc3ccc(C(=O)N4CCCCCC4)cc32)cc1. The van der Waals surface area contributed by atoms with E-state index in [4.69, 9.17) is 4.74 Å². The Morgan fingerprint density at radius 1 is 1.00 bits per heavy atom. The summed E-state index contributed by atoms with van der Waals surface area (Å²) in [5.41, 5.74) is 1.58. The fourth-order valence-electron chi connectivity index (χ4n) is 4.29. The van der Waals surface area contributed by atoms with Crippen molar-refractivity contribution in [1.82, 2.24) is 4.90 Å². The van der Waals surface area contributed by atoms with Crippen molar-refractivity contribution in [2.45, 2.75) is 52.1 Å². The van der Waals surface area contributed by atoms with Gasteiger partial charge in [0.2, 0.25) is 5.91 Å². The maximum atomic E-state index is 13.2. The molecule has 7 nitrogen and oxygen atoms in total. The minimum absolute atomic E-state index is 0.0546. The van der Waals surface area contributed by atoms with Gasteiger partial charge in [-0.2, -0.15) is 0 Å². The van der Waals surface area contributed by atoms with Crippen molar-refractivity contribution in [3.63, 3.8) is 0 Å². The summed E-state index contributed by atoms with van der Waals surface area (Å²) in [7, 11) is 0. The van der Waals surface area contributed by atoms with Crippen LogP contribution in [0.25, 0.3) is 0 Å². The highest BCUT2D eigenvalue weighted by molar-refractivity contribution is 6.08. The molecule has 0 bridgehead atoms. The molecule has 0 aromatic heterocycles. The van der Waals surface area contributed by atoms with Crippen molar-refractivity contribution >= 4 is 29.1 Å². The lowest BCUT2D eigenvalue weighted by molar-refractivity contribution is -0.133. The Morgan fingerprint density at radius 3 is 2.33 bits per heavy atom. The van der Waals surface area contributed by atoms with Crippen LogP contribution in [0.1, 0.15) is 55.5 Å². The molecular formula is C26H31N3O4. The first-order valence-corrected chi connectivity index (χ1v) is 11.6. The summed E-state index contributed by atoms with van der Waals surface area (Å²) in [6, 6.07) is 12.6. The third kappa shape index (κ3) is 5.02. The Morgan fingerprint density at radius 2 is 1.67 bits per heavy atom. The van der Waals surface area contributed by atoms with Crippen LogP contribution in [-0.4, -0.2) is 47.9 Å². The summed E-state index contributed by atoms with van der Waals surface area (Å²) in [5.74, 6) is -0.218. The van der Waals surface area contributed by atoms with E-state index in [1.54, 1.807) is 32.0 Å². The molecule has 174 valence electrons. The first-order valence-electron chi connectivity index (χ1n) is 11.6. The highest BCUT2D eigenvalue weighted by Crippen LogP contribution is 2.38. The minimum atomic E-state index is -1.12. The molecule has 0 spiro atoms. The minimum Gasteiger partial charge on any atom is -0.476 e. The van der Waals surface area contributed by atoms with Crippen molar-refractivity contribution < 1.29 is 19.1 Å². The Hall–Kier alpha value is -3.35. The highest BCUT2D eigenvalue weighted by Gasteiger charge is 2.42. The number of carbonyl (C=O) groups excluding carboxylic acids is 3. The van der Waals surface area contributed by atoms with Crippen molar-refractivity contribution in [3.8, 4) is 5.75 Å². The molecule has 0 unspecified atom stereocenters. The van der Waals surface area contributed by atoms with Gasteiger partial charge in [0.15, 0.2) is 5.60 Å². The molecule has 2 heterocycles. The molecule has 1 saturated heterocycles. The molecule has 3 amide bonds. The molecule has 1 fully saturated rings. The van der Waals surface area contributed by atoms with E-state index >= 15 is 0 Å². The molecular weight excluding hydrogens is 418 g/mol. The van der Waals surface area contributed by atoms with Crippen LogP contribution < -0.4 is 15.0 Å². The lowest BCUT2D eigenvalue weighted by Gasteiger charge is -2.38. The normalized spacial score (nSPS) is 17.6. The third-order valence-electron chi connectivity index (χ3n) is 6.15. The predicted molar refractivity (Wildman–Crippen MR) is 128 cm³/mol. The van der Waals surface area contributed by atoms with E-state index < -0.39 is 5.60 Å². The molecule has 1 N–H and O–H groups in total. The molecule has 0 saturated carbocycles. The number of anilines is 2. The first kappa shape index (κ1) is 22.8. The quantitative estimate of drug-likeness (QED) is 0.760. The summed E-state index contributed by atoms with van der Waals surface area (Å²) >= 11 is 0. The van der Waals surface area contributed by atoms with Crippen LogP contribution in [0.3, 0.4) is 0 Å². The smallest absolute Gasteiger partial charge is 0.271 e. The fourth-order valence-corrected chi connectivity index (χ4v) is 4.29. The summed E-state index contributed by atoms with van der Waals surface area (Å²) in [4.78, 5) is 42.5. The van der Waals surface area contributed by atoms with Crippen molar-refractivity contribution in [2.24, 2.45) is 0 Å². The van der Waals surface area contributed by atoms with Gasteiger partial charge >= 0.3 is 0 Å². The number of hydrogen-bond donors (Lipinski definition) is 1. The van der Waals surface area contributed by atoms with E-state index in [0.717, 1.165) is 44.3 Å². The zero-order valence-corrected chi connectivity index (χ0v) is 19.5. The maximum absolute atomic E-state index is 13.2. The number of hydrogen-bond acceptors (Lipinski definition) is 4. The fraction of sp³-hybridized carbons (Fsp3) is 0.423. The van der Waals surface area contributed by atoms with Crippen molar-refractivity contribution in [2.75, 3.05) is 29.9 Å². The molecule has 33 heavy (non-hydrogen) atoms. The van der Waals surface area contributed by atoms with Gasteiger partial charge in [-0.05, 0) is 63.9 Å². The van der Waals surface area contributed by atoms with E-state index in [9.17, 15) is 14.4 Å². The molecule has 7 heteroatoms. The second-order valence-corrected chi connectivity index (χ2v) is 9.31. The first-order chi connectivity index (χ1) is 15.7.